The van der Waals surface area contributed by atoms with Crippen molar-refractivity contribution in [2.24, 2.45) is 47.2 Å². The Morgan fingerprint density at radius 3 is 2.55 bits per heavy atom. The van der Waals surface area contributed by atoms with Gasteiger partial charge >= 0.3 is 5.97 Å². The number of hydrogen-bond acceptors (Lipinski definition) is 16. The van der Waals surface area contributed by atoms with E-state index in [1.165, 1.54) is 17.2 Å². The molecule has 3 aromatic carbocycles. The Balaban J connectivity index is 0.945. The number of aliphatic hydroxyl groups is 5. The number of esters is 1. The zero-order valence-corrected chi connectivity index (χ0v) is 50.7. The molecule has 16 nitrogen and oxygen atoms in total. The Bertz CT molecular complexity index is 3710. The molecule has 1 unspecified atom stereocenters. The molecule has 87 heavy (non-hydrogen) atoms. The molecule has 1 spiro atoms. The monoisotopic (exact) mass is 1190 g/mol. The highest BCUT2D eigenvalue weighted by Crippen LogP contribution is 2.70. The molecule has 5 heterocycles. The van der Waals surface area contributed by atoms with Gasteiger partial charge in [0.1, 0.15) is 63.7 Å². The van der Waals surface area contributed by atoms with Crippen molar-refractivity contribution in [1.82, 2.24) is 16.0 Å². The highest BCUT2D eigenvalue weighted by atomic mass is 16.6. The van der Waals surface area contributed by atoms with E-state index in [4.69, 9.17) is 19.6 Å². The van der Waals surface area contributed by atoms with Gasteiger partial charge in [0, 0.05) is 54.1 Å². The average molecular weight is 1190 g/mol. The number of allylic oxidation sites excluding steroid dienone is 5. The molecule has 462 valence electrons. The van der Waals surface area contributed by atoms with Gasteiger partial charge in [0.25, 0.3) is 0 Å². The summed E-state index contributed by atoms with van der Waals surface area (Å²) in [5.41, 5.74) is 12.9. The van der Waals surface area contributed by atoms with E-state index < -0.39 is 77.6 Å². The quantitative estimate of drug-likeness (QED) is 0.0496. The van der Waals surface area contributed by atoms with Crippen LogP contribution in [0.3, 0.4) is 0 Å². The van der Waals surface area contributed by atoms with Gasteiger partial charge in [-0.1, -0.05) is 57.2 Å². The smallest absolute Gasteiger partial charge is 0.337 e. The molecule has 3 fully saturated rings. The van der Waals surface area contributed by atoms with E-state index in [1.807, 2.05) is 19.1 Å². The summed E-state index contributed by atoms with van der Waals surface area (Å²) in [5, 5.41) is 95.0. The molecule has 11 aliphatic rings. The number of hydrogen-bond donors (Lipinski definition) is 11. The number of aryl methyl sites for hydroxylation is 1. The Hall–Kier alpha value is -6.40. The lowest BCUT2D eigenvalue weighted by Crippen LogP contribution is -2.59. The molecule has 0 amide bonds. The molecule has 4 aliphatic heterocycles. The van der Waals surface area contributed by atoms with Gasteiger partial charge in [-0.15, -0.1) is 0 Å². The van der Waals surface area contributed by atoms with E-state index in [0.717, 1.165) is 52.8 Å². The van der Waals surface area contributed by atoms with Crippen molar-refractivity contribution in [3.63, 3.8) is 0 Å². The molecule has 8 bridgehead atoms. The fourth-order valence-corrected chi connectivity index (χ4v) is 19.7. The largest absolute Gasteiger partial charge is 0.508 e. The van der Waals surface area contributed by atoms with Crippen LogP contribution in [-0.2, 0) is 34.4 Å². The van der Waals surface area contributed by atoms with Crippen molar-refractivity contribution in [2.45, 2.75) is 184 Å². The van der Waals surface area contributed by atoms with Crippen LogP contribution in [0.2, 0.25) is 0 Å². The third kappa shape index (κ3) is 9.01. The number of aliphatic hydroxyl groups excluding tert-OH is 4. The number of fused-ring (bicyclic) bond motifs is 10. The average Bonchev–Trinajstić information content (AvgIpc) is 1.67. The third-order valence-corrected chi connectivity index (χ3v) is 23.2. The van der Waals surface area contributed by atoms with Crippen molar-refractivity contribution < 1.29 is 54.4 Å². The summed E-state index contributed by atoms with van der Waals surface area (Å²) in [7, 11) is 0. The number of carbonyl (C=O) groups excluding carboxylic acids is 1. The summed E-state index contributed by atoms with van der Waals surface area (Å²) in [6.07, 6.45) is 12.9. The second kappa shape index (κ2) is 21.7. The first-order valence-corrected chi connectivity index (χ1v) is 32.3. The minimum absolute atomic E-state index is 0.0157. The molecular formula is C71H86N4O12. The lowest BCUT2D eigenvalue weighted by atomic mass is 9.54. The van der Waals surface area contributed by atoms with E-state index in [2.05, 4.69) is 67.2 Å². The molecule has 12 N–H and O–H groups in total. The van der Waals surface area contributed by atoms with Gasteiger partial charge in [0.05, 0.1) is 30.6 Å². The molecule has 16 heteroatoms. The molecule has 0 saturated heterocycles. The summed E-state index contributed by atoms with van der Waals surface area (Å²) in [5.74, 6) is -3.38. The predicted molar refractivity (Wildman–Crippen MR) is 328 cm³/mol. The Morgan fingerprint density at radius 2 is 1.78 bits per heavy atom. The topological polar surface area (TPSA) is 269 Å². The SMILES string of the molecule is C/C=C(\C(=O)O[C@@H]1Cc2c3c(c4oc(CO)cc(=O)c4c2O)[C@H]2C4=CCNC(N)=C4[C@@H](CCc4ccc(O)cc4[C@H]2CO)[C@H]2CCC4=CC(NCC)NC=C4C[C@@H]2[C@]1(C)O3)[C@@]1(O)C[C@@H]2c3cccc4c3[C@]3(CC[C@@H]2[C@@H]1C3)C[C@@H](C[C@H](O)CC(C)C)[C@H]4O. The zero-order valence-electron chi connectivity index (χ0n) is 50.7. The van der Waals surface area contributed by atoms with Crippen molar-refractivity contribution in [2.75, 3.05) is 19.7 Å². The number of phenolic OH excluding ortho intramolecular Hbond substituents is 2. The van der Waals surface area contributed by atoms with E-state index >= 15 is 4.79 Å². The maximum absolute atomic E-state index is 16.2. The minimum Gasteiger partial charge on any atom is -0.508 e. The van der Waals surface area contributed by atoms with E-state index in [0.29, 0.717) is 87.2 Å². The van der Waals surface area contributed by atoms with Crippen LogP contribution < -0.4 is 31.8 Å². The van der Waals surface area contributed by atoms with Gasteiger partial charge in [0.2, 0.25) is 0 Å². The lowest BCUT2D eigenvalue weighted by Gasteiger charge is -2.53. The predicted octanol–water partition coefficient (Wildman–Crippen LogP) is 8.59. The van der Waals surface area contributed by atoms with Crippen molar-refractivity contribution in [3.8, 4) is 17.2 Å². The summed E-state index contributed by atoms with van der Waals surface area (Å²) < 4.78 is 21.8. The lowest BCUT2D eigenvalue weighted by molar-refractivity contribution is -0.172. The first-order chi connectivity index (χ1) is 41.8. The number of phenols is 2. The number of nitrogens with two attached hydrogens (primary N) is 1. The molecule has 4 aromatic rings. The maximum Gasteiger partial charge on any atom is 0.337 e. The van der Waals surface area contributed by atoms with Crippen LogP contribution >= 0.6 is 0 Å². The number of ether oxygens (including phenoxy) is 2. The standard InChI is InChI=1S/C71H86N4O12/c1-6-52(71(84)29-50-43-17-19-70(30-54(43)71)28-37(22-40(79)21-34(3)4)63(81)47-10-8-9-45(50)62(47)70)68(83)86-56-27-49-64(82)60-55(80)26-41(32-76)85-66(60)61-58-46-18-20-74-67(72)59(46)44(16-12-35-11-14-39(78)25-48(35)51(58)33-77)42-15-13-36-24-57(73-7-2)75-31-38(36)23-53(42)69(56,5)87-65(49)61/h6,8-11,14,18,24-26,31,34,37,40,42-44,50-51,53-54,56-58,63,73-79,81-82,84H,7,12-13,15-17,19-23,27-30,32-33,72H2,1-5H3/b52-6+/t37-,40-,42-,43+,44+,50+,51-,53+,54+,56-,57?,58+,63-,69+,70-,71+/m1/s1. The first-order valence-electron chi connectivity index (χ1n) is 32.3. The van der Waals surface area contributed by atoms with Gasteiger partial charge in [-0.3, -0.25) is 10.1 Å². The number of carbonyl (C=O) groups is 1. The number of dihydropyridines is 2. The van der Waals surface area contributed by atoms with Crippen LogP contribution in [-0.4, -0.2) is 91.0 Å². The molecule has 16 atom stereocenters. The van der Waals surface area contributed by atoms with Crippen molar-refractivity contribution in [1.29, 1.82) is 0 Å². The Kier molecular flexibility index (Phi) is 14.5. The highest BCUT2D eigenvalue weighted by molar-refractivity contribution is 5.93. The molecule has 1 aromatic heterocycles. The van der Waals surface area contributed by atoms with Gasteiger partial charge in [-0.25, -0.2) is 4.79 Å². The van der Waals surface area contributed by atoms with Gasteiger partial charge in [0.15, 0.2) is 5.43 Å². The summed E-state index contributed by atoms with van der Waals surface area (Å²) in [6, 6.07) is 12.7. The molecule has 15 rings (SSSR count). The van der Waals surface area contributed by atoms with Crippen molar-refractivity contribution >= 4 is 16.9 Å². The third-order valence-electron chi connectivity index (χ3n) is 23.2. The van der Waals surface area contributed by atoms with Crippen molar-refractivity contribution in [3.05, 3.63) is 156 Å². The highest BCUT2D eigenvalue weighted by Gasteiger charge is 2.66. The number of aromatic hydroxyl groups is 2. The van der Waals surface area contributed by atoms with Crippen LogP contribution in [0.4, 0.5) is 0 Å². The fraction of sp³-hybridized carbons (Fsp3) is 0.549. The molecular weight excluding hydrogens is 1100 g/mol. The van der Waals surface area contributed by atoms with Gasteiger partial charge in [-0.2, -0.15) is 0 Å². The number of rotatable bonds is 11. The molecule has 3 saturated carbocycles. The van der Waals surface area contributed by atoms with Crippen LogP contribution in [0.25, 0.3) is 11.0 Å². The van der Waals surface area contributed by atoms with Crippen LogP contribution in [0.5, 0.6) is 17.2 Å². The van der Waals surface area contributed by atoms with Crippen LogP contribution in [0, 0.1) is 41.4 Å². The summed E-state index contributed by atoms with van der Waals surface area (Å²) in [6.45, 7) is 10.1. The van der Waals surface area contributed by atoms with E-state index in [1.54, 1.807) is 25.1 Å². The van der Waals surface area contributed by atoms with E-state index in [9.17, 15) is 40.5 Å². The Labute approximate surface area is 508 Å². The number of likely N-dealkylation sites (N-methyl/N-ethyl adjacent to an activating group) is 1. The summed E-state index contributed by atoms with van der Waals surface area (Å²) >= 11 is 0. The minimum atomic E-state index is -1.62. The number of nitrogens with one attached hydrogen (secondary N) is 3. The number of benzene rings is 3. The van der Waals surface area contributed by atoms with Crippen LogP contribution in [0.15, 0.2) is 110 Å². The van der Waals surface area contributed by atoms with Gasteiger partial charge < -0.3 is 66.0 Å². The van der Waals surface area contributed by atoms with E-state index in [-0.39, 0.29) is 99.3 Å². The van der Waals surface area contributed by atoms with Gasteiger partial charge in [-0.05, 0) is 213 Å². The summed E-state index contributed by atoms with van der Waals surface area (Å²) in [4.78, 5) is 30.9. The molecule has 0 radical (unpaired) electrons. The fourth-order valence-electron chi connectivity index (χ4n) is 19.7. The van der Waals surface area contributed by atoms with Crippen LogP contribution in [0.1, 0.15) is 174 Å². The first kappa shape index (κ1) is 58.3. The normalized spacial score (nSPS) is 34.7. The second-order valence-corrected chi connectivity index (χ2v) is 28.1. The maximum atomic E-state index is 16.2. The molecule has 7 aliphatic carbocycles. The second-order valence-electron chi connectivity index (χ2n) is 28.1. The Morgan fingerprint density at radius 1 is 0.977 bits per heavy atom. The zero-order chi connectivity index (χ0) is 60.7.